The molecule has 0 aliphatic rings. The molecule has 3 aromatic rings. The highest BCUT2D eigenvalue weighted by Crippen LogP contribution is 2.19. The topological polar surface area (TPSA) is 54.0 Å². The molecule has 0 bridgehead atoms. The number of nitrogens with one attached hydrogen (secondary N) is 2. The number of nitrogens with zero attached hydrogens (tertiary/aromatic N) is 1. The second kappa shape index (κ2) is 8.02. The van der Waals surface area contributed by atoms with Crippen LogP contribution in [0.15, 0.2) is 60.8 Å². The standard InChI is InChI=1S/C21H20ClN3O/c1-14-7-8-15(2)19(11-14)25-21(26)20-12-17(9-10-23-20)24-13-16-5-3-4-6-18(16)22/h3-12H,13H2,1-2H3,(H,23,24)(H,25,26). The molecule has 0 fully saturated rings. The van der Waals surface area contributed by atoms with Gasteiger partial charge in [-0.15, -0.1) is 0 Å². The maximum Gasteiger partial charge on any atom is 0.274 e. The predicted octanol–water partition coefficient (Wildman–Crippen LogP) is 5.22. The summed E-state index contributed by atoms with van der Waals surface area (Å²) in [5.41, 5.74) is 5.06. The first-order valence-corrected chi connectivity index (χ1v) is 8.72. The van der Waals surface area contributed by atoms with Crippen LogP contribution in [0.2, 0.25) is 5.02 Å². The number of carbonyl (C=O) groups is 1. The average Bonchev–Trinajstić information content (AvgIpc) is 2.64. The molecule has 4 nitrogen and oxygen atoms in total. The summed E-state index contributed by atoms with van der Waals surface area (Å²) in [6, 6.07) is 17.2. The molecule has 3 rings (SSSR count). The van der Waals surface area contributed by atoms with Crippen molar-refractivity contribution in [3.63, 3.8) is 0 Å². The van der Waals surface area contributed by atoms with Crippen LogP contribution in [0.4, 0.5) is 11.4 Å². The maximum atomic E-state index is 12.5. The van der Waals surface area contributed by atoms with Gasteiger partial charge < -0.3 is 10.6 Å². The van der Waals surface area contributed by atoms with Crippen molar-refractivity contribution >= 4 is 28.9 Å². The normalized spacial score (nSPS) is 10.4. The zero-order valence-electron chi connectivity index (χ0n) is 14.7. The third kappa shape index (κ3) is 4.41. The first kappa shape index (κ1) is 18.0. The fourth-order valence-electron chi connectivity index (χ4n) is 2.56. The van der Waals surface area contributed by atoms with Gasteiger partial charge >= 0.3 is 0 Å². The molecule has 0 saturated carbocycles. The minimum atomic E-state index is -0.236. The second-order valence-corrected chi connectivity index (χ2v) is 6.55. The van der Waals surface area contributed by atoms with E-state index in [0.717, 1.165) is 28.1 Å². The Balaban J connectivity index is 1.71. The van der Waals surface area contributed by atoms with Gasteiger partial charge in [0.25, 0.3) is 5.91 Å². The first-order valence-electron chi connectivity index (χ1n) is 8.35. The Morgan fingerprint density at radius 3 is 2.69 bits per heavy atom. The Morgan fingerprint density at radius 1 is 1.08 bits per heavy atom. The Bertz CT molecular complexity index is 940. The van der Waals surface area contributed by atoms with Crippen LogP contribution in [0.5, 0.6) is 0 Å². The summed E-state index contributed by atoms with van der Waals surface area (Å²) in [6.45, 7) is 4.53. The Labute approximate surface area is 158 Å². The van der Waals surface area contributed by atoms with Gasteiger partial charge in [0.15, 0.2) is 0 Å². The summed E-state index contributed by atoms with van der Waals surface area (Å²) in [4.78, 5) is 16.7. The van der Waals surface area contributed by atoms with Crippen LogP contribution in [0, 0.1) is 13.8 Å². The van der Waals surface area contributed by atoms with E-state index in [1.165, 1.54) is 0 Å². The highest BCUT2D eigenvalue weighted by atomic mass is 35.5. The van der Waals surface area contributed by atoms with Crippen molar-refractivity contribution in [3.05, 3.63) is 88.2 Å². The van der Waals surface area contributed by atoms with Gasteiger partial charge in [-0.05, 0) is 54.8 Å². The largest absolute Gasteiger partial charge is 0.381 e. The number of hydrogen-bond acceptors (Lipinski definition) is 3. The number of halogens is 1. The van der Waals surface area contributed by atoms with Crippen molar-refractivity contribution in [1.82, 2.24) is 4.98 Å². The van der Waals surface area contributed by atoms with E-state index in [4.69, 9.17) is 11.6 Å². The fraction of sp³-hybridized carbons (Fsp3) is 0.143. The van der Waals surface area contributed by atoms with Crippen LogP contribution in [-0.4, -0.2) is 10.9 Å². The van der Waals surface area contributed by atoms with E-state index < -0.39 is 0 Å². The highest BCUT2D eigenvalue weighted by molar-refractivity contribution is 6.31. The van der Waals surface area contributed by atoms with Crippen molar-refractivity contribution in [2.45, 2.75) is 20.4 Å². The van der Waals surface area contributed by atoms with E-state index in [-0.39, 0.29) is 5.91 Å². The molecule has 1 aromatic heterocycles. The average molecular weight is 366 g/mol. The van der Waals surface area contributed by atoms with Crippen LogP contribution >= 0.6 is 11.6 Å². The SMILES string of the molecule is Cc1ccc(C)c(NC(=O)c2cc(NCc3ccccc3Cl)ccn2)c1. The highest BCUT2D eigenvalue weighted by Gasteiger charge is 2.10. The lowest BCUT2D eigenvalue weighted by molar-refractivity contribution is 0.102. The van der Waals surface area contributed by atoms with E-state index in [0.29, 0.717) is 17.3 Å². The van der Waals surface area contributed by atoms with Gasteiger partial charge in [0.05, 0.1) is 0 Å². The van der Waals surface area contributed by atoms with Crippen LogP contribution in [0.25, 0.3) is 0 Å². The molecule has 2 N–H and O–H groups in total. The lowest BCUT2D eigenvalue weighted by Crippen LogP contribution is -2.15. The zero-order valence-corrected chi connectivity index (χ0v) is 15.5. The molecule has 0 aliphatic heterocycles. The molecule has 1 amide bonds. The number of hydrogen-bond donors (Lipinski definition) is 2. The van der Waals surface area contributed by atoms with Crippen molar-refractivity contribution in [2.24, 2.45) is 0 Å². The molecule has 0 spiro atoms. The maximum absolute atomic E-state index is 12.5. The minimum Gasteiger partial charge on any atom is -0.381 e. The van der Waals surface area contributed by atoms with Gasteiger partial charge in [-0.3, -0.25) is 9.78 Å². The molecule has 0 radical (unpaired) electrons. The second-order valence-electron chi connectivity index (χ2n) is 6.15. The fourth-order valence-corrected chi connectivity index (χ4v) is 2.76. The lowest BCUT2D eigenvalue weighted by atomic mass is 10.1. The monoisotopic (exact) mass is 365 g/mol. The van der Waals surface area contributed by atoms with E-state index in [2.05, 4.69) is 15.6 Å². The van der Waals surface area contributed by atoms with Crippen molar-refractivity contribution in [2.75, 3.05) is 10.6 Å². The molecule has 132 valence electrons. The number of amides is 1. The van der Waals surface area contributed by atoms with Crippen LogP contribution < -0.4 is 10.6 Å². The summed E-state index contributed by atoms with van der Waals surface area (Å²) in [6.07, 6.45) is 1.62. The van der Waals surface area contributed by atoms with Gasteiger partial charge in [0.1, 0.15) is 5.69 Å². The van der Waals surface area contributed by atoms with Gasteiger partial charge in [0.2, 0.25) is 0 Å². The van der Waals surface area contributed by atoms with E-state index >= 15 is 0 Å². The number of aromatic nitrogens is 1. The quantitative estimate of drug-likeness (QED) is 0.652. The smallest absolute Gasteiger partial charge is 0.274 e. The third-order valence-corrected chi connectivity index (χ3v) is 4.44. The van der Waals surface area contributed by atoms with E-state index in [1.54, 1.807) is 12.3 Å². The zero-order chi connectivity index (χ0) is 18.5. The summed E-state index contributed by atoms with van der Waals surface area (Å²) < 4.78 is 0. The lowest BCUT2D eigenvalue weighted by Gasteiger charge is -2.11. The number of anilines is 2. The van der Waals surface area contributed by atoms with E-state index in [1.807, 2.05) is 62.4 Å². The summed E-state index contributed by atoms with van der Waals surface area (Å²) in [5.74, 6) is -0.236. The van der Waals surface area contributed by atoms with E-state index in [9.17, 15) is 4.79 Å². The molecule has 26 heavy (non-hydrogen) atoms. The van der Waals surface area contributed by atoms with Crippen LogP contribution in [-0.2, 0) is 6.54 Å². The first-order chi connectivity index (χ1) is 12.5. The number of carbonyl (C=O) groups excluding carboxylic acids is 1. The third-order valence-electron chi connectivity index (χ3n) is 4.07. The molecule has 0 atom stereocenters. The molecule has 2 aromatic carbocycles. The molecule has 0 unspecified atom stereocenters. The Morgan fingerprint density at radius 2 is 1.88 bits per heavy atom. The van der Waals surface area contributed by atoms with Crippen molar-refractivity contribution in [3.8, 4) is 0 Å². The number of benzene rings is 2. The molecular formula is C21H20ClN3O. The van der Waals surface area contributed by atoms with Crippen molar-refractivity contribution in [1.29, 1.82) is 0 Å². The Kier molecular flexibility index (Phi) is 5.54. The molecule has 0 saturated heterocycles. The molecule has 0 aliphatic carbocycles. The van der Waals surface area contributed by atoms with Crippen LogP contribution in [0.1, 0.15) is 27.2 Å². The number of pyridine rings is 1. The molecule has 1 heterocycles. The molecule has 5 heteroatoms. The number of aryl methyl sites for hydroxylation is 2. The molecular weight excluding hydrogens is 346 g/mol. The Hall–Kier alpha value is -2.85. The summed E-state index contributed by atoms with van der Waals surface area (Å²) >= 11 is 6.17. The predicted molar refractivity (Wildman–Crippen MR) is 107 cm³/mol. The van der Waals surface area contributed by atoms with Gasteiger partial charge in [-0.1, -0.05) is 41.9 Å². The van der Waals surface area contributed by atoms with Gasteiger partial charge in [-0.2, -0.15) is 0 Å². The van der Waals surface area contributed by atoms with Crippen molar-refractivity contribution < 1.29 is 4.79 Å². The summed E-state index contributed by atoms with van der Waals surface area (Å²) in [5, 5.41) is 6.91. The number of rotatable bonds is 5. The van der Waals surface area contributed by atoms with Gasteiger partial charge in [-0.25, -0.2) is 0 Å². The van der Waals surface area contributed by atoms with Crippen LogP contribution in [0.3, 0.4) is 0 Å². The minimum absolute atomic E-state index is 0.236. The van der Waals surface area contributed by atoms with Gasteiger partial charge in [0, 0.05) is 29.1 Å². The summed E-state index contributed by atoms with van der Waals surface area (Å²) in [7, 11) is 0.